The lowest BCUT2D eigenvalue weighted by molar-refractivity contribution is -0.148. The van der Waals surface area contributed by atoms with Crippen LogP contribution in [-0.4, -0.2) is 75.2 Å². The summed E-state index contributed by atoms with van der Waals surface area (Å²) in [6.45, 7) is -0.304. The first kappa shape index (κ1) is 17.9. The number of carbonyl (C=O) groups is 4. The molecule has 1 fully saturated rings. The van der Waals surface area contributed by atoms with E-state index in [-0.39, 0.29) is 6.54 Å². The molecule has 3 atom stereocenters. The van der Waals surface area contributed by atoms with Crippen molar-refractivity contribution < 1.29 is 34.5 Å². The fourth-order valence-electron chi connectivity index (χ4n) is 2.24. The quantitative estimate of drug-likeness (QED) is 0.338. The average molecular weight is 317 g/mol. The summed E-state index contributed by atoms with van der Waals surface area (Å²) >= 11 is 0. The third-order valence-corrected chi connectivity index (χ3v) is 3.35. The molecule has 0 radical (unpaired) electrons. The van der Waals surface area contributed by atoms with E-state index in [1.165, 1.54) is 4.90 Å². The number of aliphatic carboxylic acids is 2. The predicted octanol–water partition coefficient (Wildman–Crippen LogP) is -2.66. The molecular weight excluding hydrogens is 298 g/mol. The lowest BCUT2D eigenvalue weighted by atomic mass is 10.1. The maximum Gasteiger partial charge on any atom is 0.326 e. The minimum atomic E-state index is -1.57. The standard InChI is InChI=1S/C12H19N3O7/c13-6(5-16)11(20)15-3-1-2-8(15)10(19)14-7(12(21)22)4-9(17)18/h6-8,16H,1-5,13H2,(H,14,19)(H,17,18)(H,21,22). The van der Waals surface area contributed by atoms with Crippen LogP contribution in [0.1, 0.15) is 19.3 Å². The zero-order valence-corrected chi connectivity index (χ0v) is 11.8. The second-order valence-corrected chi connectivity index (χ2v) is 4.98. The largest absolute Gasteiger partial charge is 0.481 e. The van der Waals surface area contributed by atoms with Gasteiger partial charge in [-0.3, -0.25) is 14.4 Å². The molecule has 0 aromatic carbocycles. The Hall–Kier alpha value is -2.20. The molecule has 0 aromatic heterocycles. The number of nitrogens with zero attached hydrogens (tertiary/aromatic N) is 1. The van der Waals surface area contributed by atoms with E-state index in [0.717, 1.165) is 0 Å². The number of carboxylic acid groups (broad SMARTS) is 2. The van der Waals surface area contributed by atoms with Gasteiger partial charge in [-0.05, 0) is 12.8 Å². The Morgan fingerprint density at radius 3 is 2.41 bits per heavy atom. The Balaban J connectivity index is 2.76. The number of hydrogen-bond donors (Lipinski definition) is 5. The lowest BCUT2D eigenvalue weighted by Gasteiger charge is -2.27. The molecule has 0 aromatic rings. The van der Waals surface area contributed by atoms with Crippen molar-refractivity contribution in [1.29, 1.82) is 0 Å². The van der Waals surface area contributed by atoms with Crippen LogP contribution in [0.2, 0.25) is 0 Å². The molecule has 0 spiro atoms. The zero-order chi connectivity index (χ0) is 16.9. The number of nitrogens with one attached hydrogen (secondary N) is 1. The number of hydrogen-bond acceptors (Lipinski definition) is 6. The Kier molecular flexibility index (Phi) is 6.25. The fourth-order valence-corrected chi connectivity index (χ4v) is 2.24. The normalized spacial score (nSPS) is 20.3. The molecule has 6 N–H and O–H groups in total. The van der Waals surface area contributed by atoms with E-state index in [2.05, 4.69) is 5.32 Å². The minimum Gasteiger partial charge on any atom is -0.481 e. The van der Waals surface area contributed by atoms with Gasteiger partial charge in [-0.25, -0.2) is 4.79 Å². The molecule has 1 heterocycles. The van der Waals surface area contributed by atoms with E-state index in [1.807, 2.05) is 0 Å². The summed E-state index contributed by atoms with van der Waals surface area (Å²) in [5, 5.41) is 28.5. The van der Waals surface area contributed by atoms with Gasteiger partial charge in [0.2, 0.25) is 11.8 Å². The highest BCUT2D eigenvalue weighted by atomic mass is 16.4. The Morgan fingerprint density at radius 2 is 1.91 bits per heavy atom. The maximum absolute atomic E-state index is 12.1. The lowest BCUT2D eigenvalue weighted by Crippen LogP contribution is -2.54. The Bertz CT molecular complexity index is 468. The van der Waals surface area contributed by atoms with E-state index in [9.17, 15) is 19.2 Å². The van der Waals surface area contributed by atoms with Crippen molar-refractivity contribution in [2.75, 3.05) is 13.2 Å². The number of carbonyl (C=O) groups excluding carboxylic acids is 2. The molecule has 1 rings (SSSR count). The van der Waals surface area contributed by atoms with Crippen molar-refractivity contribution in [1.82, 2.24) is 10.2 Å². The molecule has 3 unspecified atom stereocenters. The summed E-state index contributed by atoms with van der Waals surface area (Å²) in [5.41, 5.74) is 5.43. The van der Waals surface area contributed by atoms with Crippen molar-refractivity contribution in [3.63, 3.8) is 0 Å². The molecule has 22 heavy (non-hydrogen) atoms. The average Bonchev–Trinajstić information content (AvgIpc) is 2.93. The number of rotatable bonds is 7. The second kappa shape index (κ2) is 7.71. The van der Waals surface area contributed by atoms with Crippen LogP contribution in [0.15, 0.2) is 0 Å². The highest BCUT2D eigenvalue weighted by Crippen LogP contribution is 2.18. The van der Waals surface area contributed by atoms with Crippen LogP contribution >= 0.6 is 0 Å². The van der Waals surface area contributed by atoms with Crippen molar-refractivity contribution in [3.05, 3.63) is 0 Å². The van der Waals surface area contributed by atoms with E-state index < -0.39 is 54.9 Å². The van der Waals surface area contributed by atoms with E-state index in [0.29, 0.717) is 12.8 Å². The minimum absolute atomic E-state index is 0.265. The molecule has 0 saturated carbocycles. The van der Waals surface area contributed by atoms with Gasteiger partial charge < -0.3 is 31.3 Å². The molecule has 2 amide bonds. The first-order valence-corrected chi connectivity index (χ1v) is 6.69. The Morgan fingerprint density at radius 1 is 1.27 bits per heavy atom. The van der Waals surface area contributed by atoms with Crippen LogP contribution < -0.4 is 11.1 Å². The van der Waals surface area contributed by atoms with Gasteiger partial charge in [-0.15, -0.1) is 0 Å². The monoisotopic (exact) mass is 317 g/mol. The van der Waals surface area contributed by atoms with E-state index in [4.69, 9.17) is 21.1 Å². The number of aliphatic hydroxyl groups is 1. The topological polar surface area (TPSA) is 170 Å². The SMILES string of the molecule is NC(CO)C(=O)N1CCCC1C(=O)NC(CC(=O)O)C(=O)O. The Labute approximate surface area is 125 Å². The number of aliphatic hydroxyl groups excluding tert-OH is 1. The summed E-state index contributed by atoms with van der Waals surface area (Å²) in [6, 6.07) is -3.64. The fraction of sp³-hybridized carbons (Fsp3) is 0.667. The molecule has 0 aliphatic carbocycles. The van der Waals surface area contributed by atoms with Crippen LogP contribution in [0.5, 0.6) is 0 Å². The third kappa shape index (κ3) is 4.40. The molecule has 124 valence electrons. The molecule has 1 aliphatic rings. The first-order chi connectivity index (χ1) is 10.3. The number of amides is 2. The summed E-state index contributed by atoms with van der Waals surface area (Å²) in [5.74, 6) is -4.19. The third-order valence-electron chi connectivity index (χ3n) is 3.35. The summed E-state index contributed by atoms with van der Waals surface area (Å²) in [4.78, 5) is 46.8. The van der Waals surface area contributed by atoms with Gasteiger partial charge in [0, 0.05) is 6.54 Å². The highest BCUT2D eigenvalue weighted by Gasteiger charge is 2.37. The van der Waals surface area contributed by atoms with Crippen molar-refractivity contribution in [2.45, 2.75) is 37.4 Å². The van der Waals surface area contributed by atoms with Gasteiger partial charge in [0.1, 0.15) is 18.1 Å². The summed E-state index contributed by atoms with van der Waals surface area (Å²) in [7, 11) is 0. The van der Waals surface area contributed by atoms with Crippen LogP contribution in [0.3, 0.4) is 0 Å². The summed E-state index contributed by atoms with van der Waals surface area (Å²) in [6.07, 6.45) is 0.0751. The maximum atomic E-state index is 12.1. The van der Waals surface area contributed by atoms with Crippen molar-refractivity contribution in [3.8, 4) is 0 Å². The second-order valence-electron chi connectivity index (χ2n) is 4.98. The van der Waals surface area contributed by atoms with Crippen LogP contribution in [-0.2, 0) is 19.2 Å². The van der Waals surface area contributed by atoms with Crippen LogP contribution in [0.4, 0.5) is 0 Å². The molecule has 0 bridgehead atoms. The van der Waals surface area contributed by atoms with Gasteiger partial charge in [-0.2, -0.15) is 0 Å². The zero-order valence-electron chi connectivity index (χ0n) is 11.8. The van der Waals surface area contributed by atoms with Gasteiger partial charge in [0.25, 0.3) is 0 Å². The van der Waals surface area contributed by atoms with Gasteiger partial charge in [0.05, 0.1) is 13.0 Å². The van der Waals surface area contributed by atoms with E-state index in [1.54, 1.807) is 0 Å². The molecule has 10 nitrogen and oxygen atoms in total. The van der Waals surface area contributed by atoms with Crippen LogP contribution in [0.25, 0.3) is 0 Å². The number of carboxylic acids is 2. The molecule has 1 saturated heterocycles. The highest BCUT2D eigenvalue weighted by molar-refractivity contribution is 5.93. The van der Waals surface area contributed by atoms with Gasteiger partial charge in [-0.1, -0.05) is 0 Å². The molecule has 1 aliphatic heterocycles. The van der Waals surface area contributed by atoms with Gasteiger partial charge in [0.15, 0.2) is 0 Å². The first-order valence-electron chi connectivity index (χ1n) is 6.69. The number of nitrogens with two attached hydrogens (primary N) is 1. The van der Waals surface area contributed by atoms with Gasteiger partial charge >= 0.3 is 11.9 Å². The number of likely N-dealkylation sites (tertiary alicyclic amines) is 1. The smallest absolute Gasteiger partial charge is 0.326 e. The summed E-state index contributed by atoms with van der Waals surface area (Å²) < 4.78 is 0. The van der Waals surface area contributed by atoms with E-state index >= 15 is 0 Å². The molecular formula is C12H19N3O7. The van der Waals surface area contributed by atoms with Crippen LogP contribution in [0, 0.1) is 0 Å². The van der Waals surface area contributed by atoms with Crippen molar-refractivity contribution in [2.24, 2.45) is 5.73 Å². The van der Waals surface area contributed by atoms with Crippen molar-refractivity contribution >= 4 is 23.8 Å². The predicted molar refractivity (Wildman–Crippen MR) is 71.6 cm³/mol. The molecule has 10 heteroatoms.